The maximum atomic E-state index is 5.65. The van der Waals surface area contributed by atoms with Gasteiger partial charge in [-0.2, -0.15) is 0 Å². The molecule has 2 rings (SSSR count). The van der Waals surface area contributed by atoms with E-state index in [2.05, 4.69) is 10.3 Å². The molecule has 13 heavy (non-hydrogen) atoms. The number of nitrogens with zero attached hydrogens (tertiary/aromatic N) is 3. The molecule has 1 heterocycles. The van der Waals surface area contributed by atoms with E-state index in [1.807, 2.05) is 17.8 Å². The summed E-state index contributed by atoms with van der Waals surface area (Å²) in [7, 11) is 0. The molecular formula is C8H14N4O. The van der Waals surface area contributed by atoms with Gasteiger partial charge in [-0.05, 0) is 19.8 Å². The van der Waals surface area contributed by atoms with Gasteiger partial charge in [-0.3, -0.25) is 0 Å². The molecule has 2 N–H and O–H groups in total. The molecule has 72 valence electrons. The van der Waals surface area contributed by atoms with Crippen LogP contribution in [0.3, 0.4) is 0 Å². The highest BCUT2D eigenvalue weighted by atomic mass is 16.5. The Bertz CT molecular complexity index is 292. The first-order valence-electron chi connectivity index (χ1n) is 4.56. The van der Waals surface area contributed by atoms with Gasteiger partial charge in [0, 0.05) is 6.54 Å². The fraction of sp³-hybridized carbons (Fsp3) is 0.750. The maximum Gasteiger partial charge on any atom is 0.253 e. The van der Waals surface area contributed by atoms with Crippen LogP contribution in [0.1, 0.15) is 19.8 Å². The smallest absolute Gasteiger partial charge is 0.253 e. The molecule has 0 amide bonds. The average Bonchev–Trinajstić information content (AvgIpc) is 2.82. The van der Waals surface area contributed by atoms with Crippen LogP contribution in [-0.2, 0) is 5.54 Å². The predicted octanol–water partition coefficient (Wildman–Crippen LogP) is 0.125. The van der Waals surface area contributed by atoms with Crippen LogP contribution in [-0.4, -0.2) is 28.1 Å². The van der Waals surface area contributed by atoms with Gasteiger partial charge in [0.05, 0.1) is 18.3 Å². The van der Waals surface area contributed by atoms with Gasteiger partial charge in [-0.1, -0.05) is 10.3 Å². The van der Waals surface area contributed by atoms with Gasteiger partial charge in [0.2, 0.25) is 0 Å². The summed E-state index contributed by atoms with van der Waals surface area (Å²) in [6, 6.07) is 0. The Morgan fingerprint density at radius 2 is 2.46 bits per heavy atom. The van der Waals surface area contributed by atoms with Gasteiger partial charge >= 0.3 is 0 Å². The molecule has 5 nitrogen and oxygen atoms in total. The Morgan fingerprint density at radius 3 is 3.00 bits per heavy atom. The van der Waals surface area contributed by atoms with E-state index < -0.39 is 0 Å². The minimum atomic E-state index is 0.0440. The van der Waals surface area contributed by atoms with Crippen LogP contribution in [0.25, 0.3) is 0 Å². The molecule has 0 radical (unpaired) electrons. The highest BCUT2D eigenvalue weighted by molar-refractivity contribution is 5.07. The molecule has 0 aliphatic heterocycles. The zero-order valence-electron chi connectivity index (χ0n) is 7.73. The third-order valence-electron chi connectivity index (χ3n) is 2.46. The third kappa shape index (κ3) is 1.39. The summed E-state index contributed by atoms with van der Waals surface area (Å²) in [5.74, 6) is 0.585. The van der Waals surface area contributed by atoms with Crippen molar-refractivity contribution in [3.05, 3.63) is 6.20 Å². The average molecular weight is 182 g/mol. The van der Waals surface area contributed by atoms with Gasteiger partial charge in [0.15, 0.2) is 0 Å². The normalized spacial score (nSPS) is 18.6. The molecule has 0 atom stereocenters. The number of ether oxygens (including phenoxy) is 1. The second kappa shape index (κ2) is 2.99. The lowest BCUT2D eigenvalue weighted by molar-refractivity contribution is 0.326. The van der Waals surface area contributed by atoms with Crippen LogP contribution in [0.2, 0.25) is 0 Å². The van der Waals surface area contributed by atoms with Gasteiger partial charge in [-0.15, -0.1) is 0 Å². The van der Waals surface area contributed by atoms with Crippen LogP contribution in [0.4, 0.5) is 0 Å². The highest BCUT2D eigenvalue weighted by Crippen LogP contribution is 2.41. The van der Waals surface area contributed by atoms with Crippen LogP contribution in [0, 0.1) is 0 Å². The number of hydrogen-bond donors (Lipinski definition) is 1. The Hall–Kier alpha value is -1.10. The molecule has 0 bridgehead atoms. The van der Waals surface area contributed by atoms with E-state index in [1.54, 1.807) is 0 Å². The fourth-order valence-electron chi connectivity index (χ4n) is 1.37. The SMILES string of the molecule is CCOc1cn(C2(CN)CC2)nn1. The van der Waals surface area contributed by atoms with Crippen molar-refractivity contribution in [2.24, 2.45) is 5.73 Å². The lowest BCUT2D eigenvalue weighted by atomic mass is 10.3. The van der Waals surface area contributed by atoms with Crippen molar-refractivity contribution in [2.75, 3.05) is 13.2 Å². The lowest BCUT2D eigenvalue weighted by Crippen LogP contribution is -2.27. The molecule has 5 heteroatoms. The second-order valence-electron chi connectivity index (χ2n) is 3.36. The van der Waals surface area contributed by atoms with Crippen molar-refractivity contribution in [1.82, 2.24) is 15.0 Å². The van der Waals surface area contributed by atoms with Crippen LogP contribution < -0.4 is 10.5 Å². The van der Waals surface area contributed by atoms with Gasteiger partial charge in [0.1, 0.15) is 0 Å². The Balaban J connectivity index is 2.13. The summed E-state index contributed by atoms with van der Waals surface area (Å²) >= 11 is 0. The van der Waals surface area contributed by atoms with Crippen molar-refractivity contribution in [2.45, 2.75) is 25.3 Å². The molecule has 0 aromatic carbocycles. The summed E-state index contributed by atoms with van der Waals surface area (Å²) in [6.07, 6.45) is 4.01. The van der Waals surface area contributed by atoms with Crippen molar-refractivity contribution < 1.29 is 4.74 Å². The Kier molecular flexibility index (Phi) is 1.95. The topological polar surface area (TPSA) is 66.0 Å². The van der Waals surface area contributed by atoms with E-state index in [0.717, 1.165) is 12.8 Å². The highest BCUT2D eigenvalue weighted by Gasteiger charge is 2.44. The molecule has 0 unspecified atom stereocenters. The molecule has 1 aliphatic rings. The van der Waals surface area contributed by atoms with E-state index in [9.17, 15) is 0 Å². The monoisotopic (exact) mass is 182 g/mol. The first kappa shape index (κ1) is 8.50. The van der Waals surface area contributed by atoms with Crippen molar-refractivity contribution >= 4 is 0 Å². The first-order chi connectivity index (χ1) is 6.30. The van der Waals surface area contributed by atoms with Gasteiger partial charge in [-0.25, -0.2) is 4.68 Å². The third-order valence-corrected chi connectivity index (χ3v) is 2.46. The largest absolute Gasteiger partial charge is 0.476 e. The minimum absolute atomic E-state index is 0.0440. The van der Waals surface area contributed by atoms with Crippen LogP contribution in [0.5, 0.6) is 5.88 Å². The molecule has 1 aromatic heterocycles. The summed E-state index contributed by atoms with van der Waals surface area (Å²) in [6.45, 7) is 3.17. The number of nitrogens with two attached hydrogens (primary N) is 1. The quantitative estimate of drug-likeness (QED) is 0.718. The summed E-state index contributed by atoms with van der Waals surface area (Å²) in [5, 5.41) is 7.90. The zero-order chi connectivity index (χ0) is 9.31. The van der Waals surface area contributed by atoms with E-state index in [4.69, 9.17) is 10.5 Å². The molecule has 0 saturated heterocycles. The van der Waals surface area contributed by atoms with E-state index in [-0.39, 0.29) is 5.54 Å². The molecule has 1 aliphatic carbocycles. The number of aromatic nitrogens is 3. The van der Waals surface area contributed by atoms with Gasteiger partial charge < -0.3 is 10.5 Å². The zero-order valence-corrected chi connectivity index (χ0v) is 7.73. The van der Waals surface area contributed by atoms with Crippen molar-refractivity contribution in [3.8, 4) is 5.88 Å². The van der Waals surface area contributed by atoms with Crippen molar-refractivity contribution in [1.29, 1.82) is 0 Å². The van der Waals surface area contributed by atoms with Crippen LogP contribution >= 0.6 is 0 Å². The lowest BCUT2D eigenvalue weighted by Gasteiger charge is -2.10. The molecule has 0 spiro atoms. The second-order valence-corrected chi connectivity index (χ2v) is 3.36. The van der Waals surface area contributed by atoms with Gasteiger partial charge in [0.25, 0.3) is 5.88 Å². The minimum Gasteiger partial charge on any atom is -0.476 e. The molecule has 1 fully saturated rings. The number of rotatable bonds is 4. The van der Waals surface area contributed by atoms with E-state index in [1.165, 1.54) is 0 Å². The number of hydrogen-bond acceptors (Lipinski definition) is 4. The summed E-state index contributed by atoms with van der Waals surface area (Å²) < 4.78 is 7.05. The standard InChI is InChI=1S/C8H14N4O/c1-2-13-7-5-12(11-10-7)8(6-9)3-4-8/h5H,2-4,6,9H2,1H3. The van der Waals surface area contributed by atoms with Crippen molar-refractivity contribution in [3.63, 3.8) is 0 Å². The maximum absolute atomic E-state index is 5.65. The van der Waals surface area contributed by atoms with E-state index >= 15 is 0 Å². The molecule has 1 saturated carbocycles. The Labute approximate surface area is 76.9 Å². The first-order valence-corrected chi connectivity index (χ1v) is 4.56. The summed E-state index contributed by atoms with van der Waals surface area (Å²) in [4.78, 5) is 0. The van der Waals surface area contributed by atoms with Crippen LogP contribution in [0.15, 0.2) is 6.20 Å². The molecular weight excluding hydrogens is 168 g/mol. The molecule has 1 aromatic rings. The summed E-state index contributed by atoms with van der Waals surface area (Å²) in [5.41, 5.74) is 5.70. The fourth-order valence-corrected chi connectivity index (χ4v) is 1.37. The van der Waals surface area contributed by atoms with E-state index in [0.29, 0.717) is 19.0 Å². The predicted molar refractivity (Wildman–Crippen MR) is 47.5 cm³/mol. The Morgan fingerprint density at radius 1 is 1.69 bits per heavy atom.